The summed E-state index contributed by atoms with van der Waals surface area (Å²) in [6, 6.07) is 7.77. The molecule has 2 aromatic rings. The molecule has 0 aliphatic carbocycles. The Morgan fingerprint density at radius 1 is 1.25 bits per heavy atom. The summed E-state index contributed by atoms with van der Waals surface area (Å²) < 4.78 is 5.66. The molecule has 0 saturated carbocycles. The van der Waals surface area contributed by atoms with E-state index in [9.17, 15) is 0 Å². The van der Waals surface area contributed by atoms with Crippen molar-refractivity contribution in [2.24, 2.45) is 0 Å². The molecule has 4 nitrogen and oxygen atoms in total. The van der Waals surface area contributed by atoms with Gasteiger partial charge in [-0.1, -0.05) is 17.7 Å². The second-order valence-corrected chi connectivity index (χ2v) is 5.33. The van der Waals surface area contributed by atoms with Crippen molar-refractivity contribution in [3.8, 4) is 11.5 Å². The maximum Gasteiger partial charge on any atom is 0.164 e. The molecule has 1 saturated heterocycles. The van der Waals surface area contributed by atoms with Gasteiger partial charge >= 0.3 is 0 Å². The fourth-order valence-electron chi connectivity index (χ4n) is 2.32. The van der Waals surface area contributed by atoms with Crippen LogP contribution in [0.1, 0.15) is 18.7 Å². The van der Waals surface area contributed by atoms with Crippen molar-refractivity contribution in [2.75, 3.05) is 6.54 Å². The molecular weight excluding hydrogens is 274 g/mol. The molecular formula is C15H16ClN3O. The molecule has 20 heavy (non-hydrogen) atoms. The molecule has 1 N–H and O–H groups in total. The molecule has 1 aliphatic heterocycles. The van der Waals surface area contributed by atoms with Crippen molar-refractivity contribution in [1.29, 1.82) is 0 Å². The second kappa shape index (κ2) is 6.20. The van der Waals surface area contributed by atoms with E-state index in [-0.39, 0.29) is 0 Å². The first-order valence-electron chi connectivity index (χ1n) is 6.77. The lowest BCUT2D eigenvalue weighted by molar-refractivity contribution is 0.475. The van der Waals surface area contributed by atoms with Crippen LogP contribution in [0.2, 0.25) is 5.02 Å². The van der Waals surface area contributed by atoms with Gasteiger partial charge < -0.3 is 10.1 Å². The van der Waals surface area contributed by atoms with Crippen molar-refractivity contribution in [3.63, 3.8) is 0 Å². The maximum absolute atomic E-state index is 5.91. The molecule has 0 bridgehead atoms. The number of nitrogens with zero attached hydrogens (tertiary/aromatic N) is 2. The highest BCUT2D eigenvalue weighted by atomic mass is 35.5. The largest absolute Gasteiger partial charge is 0.454 e. The molecule has 1 aromatic carbocycles. The number of ether oxygens (including phenoxy) is 1. The van der Waals surface area contributed by atoms with Gasteiger partial charge in [0.2, 0.25) is 0 Å². The van der Waals surface area contributed by atoms with Crippen molar-refractivity contribution in [3.05, 3.63) is 47.5 Å². The molecule has 1 unspecified atom stereocenters. The van der Waals surface area contributed by atoms with E-state index in [2.05, 4.69) is 15.3 Å². The highest BCUT2D eigenvalue weighted by Crippen LogP contribution is 2.23. The SMILES string of the molecule is Clc1cccc(Oc2cnc(CC3CCCN3)nc2)c1. The van der Waals surface area contributed by atoms with E-state index in [0.717, 1.165) is 18.8 Å². The first-order chi connectivity index (χ1) is 9.79. The van der Waals surface area contributed by atoms with E-state index in [1.54, 1.807) is 18.5 Å². The highest BCUT2D eigenvalue weighted by Gasteiger charge is 2.15. The first-order valence-corrected chi connectivity index (χ1v) is 7.15. The molecule has 5 heteroatoms. The molecule has 0 radical (unpaired) electrons. The zero-order valence-corrected chi connectivity index (χ0v) is 11.8. The van der Waals surface area contributed by atoms with Crippen LogP contribution in [0.25, 0.3) is 0 Å². The van der Waals surface area contributed by atoms with Crippen LogP contribution in [0.3, 0.4) is 0 Å². The van der Waals surface area contributed by atoms with Gasteiger partial charge in [-0.3, -0.25) is 0 Å². The molecule has 1 atom stereocenters. The summed E-state index contributed by atoms with van der Waals surface area (Å²) in [6.07, 6.45) is 6.72. The zero-order chi connectivity index (χ0) is 13.8. The monoisotopic (exact) mass is 289 g/mol. The molecule has 0 amide bonds. The summed E-state index contributed by atoms with van der Waals surface area (Å²) in [7, 11) is 0. The summed E-state index contributed by atoms with van der Waals surface area (Å²) in [5, 5.41) is 4.09. The Kier molecular flexibility index (Phi) is 4.14. The number of benzene rings is 1. The quantitative estimate of drug-likeness (QED) is 0.939. The Balaban J connectivity index is 1.63. The van der Waals surface area contributed by atoms with Crippen LogP contribution in [-0.2, 0) is 6.42 Å². The van der Waals surface area contributed by atoms with Crippen LogP contribution in [0.15, 0.2) is 36.7 Å². The van der Waals surface area contributed by atoms with Gasteiger partial charge in [0, 0.05) is 17.5 Å². The van der Waals surface area contributed by atoms with Crippen LogP contribution in [0, 0.1) is 0 Å². The smallest absolute Gasteiger partial charge is 0.164 e. The van der Waals surface area contributed by atoms with Crippen molar-refractivity contribution < 1.29 is 4.74 Å². The van der Waals surface area contributed by atoms with Gasteiger partial charge in [0.25, 0.3) is 0 Å². The van der Waals surface area contributed by atoms with E-state index in [1.165, 1.54) is 12.8 Å². The molecule has 0 spiro atoms. The predicted octanol–water partition coefficient (Wildman–Crippen LogP) is 3.22. The van der Waals surface area contributed by atoms with Gasteiger partial charge in [-0.2, -0.15) is 0 Å². The number of halogens is 1. The number of hydrogen-bond acceptors (Lipinski definition) is 4. The molecule has 104 valence electrons. The first kappa shape index (κ1) is 13.3. The predicted molar refractivity (Wildman–Crippen MR) is 78.3 cm³/mol. The average Bonchev–Trinajstić information content (AvgIpc) is 2.94. The van der Waals surface area contributed by atoms with Gasteiger partial charge in [-0.25, -0.2) is 9.97 Å². The lowest BCUT2D eigenvalue weighted by atomic mass is 10.1. The minimum atomic E-state index is 0.509. The standard InChI is InChI=1S/C15H16ClN3O/c16-11-3-1-5-13(7-11)20-14-9-18-15(19-10-14)8-12-4-2-6-17-12/h1,3,5,7,9-10,12,17H,2,4,6,8H2. The van der Waals surface area contributed by atoms with Crippen molar-refractivity contribution in [2.45, 2.75) is 25.3 Å². The Bertz CT molecular complexity index is 568. The third kappa shape index (κ3) is 3.46. The van der Waals surface area contributed by atoms with E-state index >= 15 is 0 Å². The average molecular weight is 290 g/mol. The van der Waals surface area contributed by atoms with E-state index < -0.39 is 0 Å². The summed E-state index contributed by atoms with van der Waals surface area (Å²) >= 11 is 5.91. The lowest BCUT2D eigenvalue weighted by Crippen LogP contribution is -2.24. The Morgan fingerprint density at radius 2 is 2.10 bits per heavy atom. The van der Waals surface area contributed by atoms with E-state index in [0.29, 0.717) is 22.6 Å². The third-order valence-corrected chi connectivity index (χ3v) is 3.54. The van der Waals surface area contributed by atoms with Gasteiger partial charge in [0.15, 0.2) is 5.75 Å². The molecule has 2 heterocycles. The van der Waals surface area contributed by atoms with E-state index in [1.807, 2.05) is 18.2 Å². The molecule has 1 aliphatic rings. The summed E-state index contributed by atoms with van der Waals surface area (Å²) in [5.41, 5.74) is 0. The fraction of sp³-hybridized carbons (Fsp3) is 0.333. The highest BCUT2D eigenvalue weighted by molar-refractivity contribution is 6.30. The second-order valence-electron chi connectivity index (χ2n) is 4.89. The fourth-order valence-corrected chi connectivity index (χ4v) is 2.50. The minimum Gasteiger partial charge on any atom is -0.454 e. The number of rotatable bonds is 4. The molecule has 3 rings (SSSR count). The topological polar surface area (TPSA) is 47.0 Å². The van der Waals surface area contributed by atoms with Crippen molar-refractivity contribution in [1.82, 2.24) is 15.3 Å². The summed E-state index contributed by atoms with van der Waals surface area (Å²) in [6.45, 7) is 1.10. The molecule has 1 fully saturated rings. The van der Waals surface area contributed by atoms with Gasteiger partial charge in [0.1, 0.15) is 11.6 Å². The van der Waals surface area contributed by atoms with Gasteiger partial charge in [0.05, 0.1) is 12.4 Å². The Labute approximate surface area is 123 Å². The van der Waals surface area contributed by atoms with Crippen LogP contribution in [-0.4, -0.2) is 22.6 Å². The zero-order valence-electron chi connectivity index (χ0n) is 11.1. The number of aromatic nitrogens is 2. The Morgan fingerprint density at radius 3 is 2.80 bits per heavy atom. The third-order valence-electron chi connectivity index (χ3n) is 3.30. The van der Waals surface area contributed by atoms with Gasteiger partial charge in [-0.15, -0.1) is 0 Å². The number of nitrogens with one attached hydrogen (secondary N) is 1. The van der Waals surface area contributed by atoms with Crippen LogP contribution < -0.4 is 10.1 Å². The van der Waals surface area contributed by atoms with Crippen LogP contribution in [0.5, 0.6) is 11.5 Å². The minimum absolute atomic E-state index is 0.509. The number of hydrogen-bond donors (Lipinski definition) is 1. The molecule has 1 aromatic heterocycles. The normalized spacial score (nSPS) is 18.1. The van der Waals surface area contributed by atoms with E-state index in [4.69, 9.17) is 16.3 Å². The summed E-state index contributed by atoms with van der Waals surface area (Å²) in [5.74, 6) is 2.16. The van der Waals surface area contributed by atoms with Crippen molar-refractivity contribution >= 4 is 11.6 Å². The Hall–Kier alpha value is -1.65. The summed E-state index contributed by atoms with van der Waals surface area (Å²) in [4.78, 5) is 8.70. The maximum atomic E-state index is 5.91. The van der Waals surface area contributed by atoms with Gasteiger partial charge in [-0.05, 0) is 37.6 Å². The lowest BCUT2D eigenvalue weighted by Gasteiger charge is -2.09. The van der Waals surface area contributed by atoms with Crippen LogP contribution >= 0.6 is 11.6 Å². The van der Waals surface area contributed by atoms with Crippen LogP contribution in [0.4, 0.5) is 0 Å².